The van der Waals surface area contributed by atoms with Crippen LogP contribution >= 0.6 is 0 Å². The van der Waals surface area contributed by atoms with E-state index in [4.69, 9.17) is 4.74 Å². The monoisotopic (exact) mass is 476 g/mol. The highest BCUT2D eigenvalue weighted by atomic mass is 16.5. The van der Waals surface area contributed by atoms with Gasteiger partial charge in [-0.05, 0) is 50.1 Å². The number of carbonyl (C=O) groups is 1. The molecule has 1 amide bonds. The van der Waals surface area contributed by atoms with Crippen LogP contribution in [0.5, 0.6) is 5.88 Å². The third kappa shape index (κ3) is 4.78. The van der Waals surface area contributed by atoms with Gasteiger partial charge in [0.25, 0.3) is 11.5 Å². The van der Waals surface area contributed by atoms with Gasteiger partial charge >= 0.3 is 0 Å². The lowest BCUT2D eigenvalue weighted by atomic mass is 10.1. The second-order valence-electron chi connectivity index (χ2n) is 8.69. The first-order chi connectivity index (χ1) is 17.0. The third-order valence-corrected chi connectivity index (χ3v) is 6.36. The van der Waals surface area contributed by atoms with E-state index in [2.05, 4.69) is 30.8 Å². The SMILES string of the molecule is Cc1c(Nc2cc[nH]c(=O)c2C(=O)Nc2ccc(N3CCC(O)CC3)cc2)cnc2c1NCCO2. The molecule has 182 valence electrons. The lowest BCUT2D eigenvalue weighted by Gasteiger charge is -2.31. The molecule has 1 aromatic carbocycles. The molecule has 2 aliphatic rings. The standard InChI is InChI=1S/C25H28N6O4/c1-15-20(14-28-25-22(15)26-10-13-35-25)30-19-6-9-27-23(33)21(19)24(34)29-16-2-4-17(5-3-16)31-11-7-18(32)8-12-31/h2-6,9,14,18,26,32H,7-8,10-13H2,1H3,(H,29,34)(H2,27,30,33). The number of carbonyl (C=O) groups excluding carboxylic acids is 1. The van der Waals surface area contributed by atoms with Crippen molar-refractivity contribution in [1.29, 1.82) is 0 Å². The summed E-state index contributed by atoms with van der Waals surface area (Å²) in [5.74, 6) is 0.0144. The van der Waals surface area contributed by atoms with Gasteiger partial charge in [-0.1, -0.05) is 0 Å². The molecule has 4 heterocycles. The van der Waals surface area contributed by atoms with E-state index in [0.717, 1.165) is 42.9 Å². The molecule has 35 heavy (non-hydrogen) atoms. The number of hydrogen-bond acceptors (Lipinski definition) is 8. The van der Waals surface area contributed by atoms with Crippen LogP contribution < -0.4 is 31.1 Å². The van der Waals surface area contributed by atoms with Crippen LogP contribution in [-0.2, 0) is 0 Å². The number of nitrogens with one attached hydrogen (secondary N) is 4. The molecule has 0 saturated carbocycles. The van der Waals surface area contributed by atoms with Crippen molar-refractivity contribution in [3.63, 3.8) is 0 Å². The van der Waals surface area contributed by atoms with E-state index in [1.54, 1.807) is 12.3 Å². The summed E-state index contributed by atoms with van der Waals surface area (Å²) in [5, 5.41) is 19.0. The van der Waals surface area contributed by atoms with Crippen LogP contribution in [-0.4, -0.2) is 53.3 Å². The van der Waals surface area contributed by atoms with Crippen molar-refractivity contribution >= 4 is 34.3 Å². The van der Waals surface area contributed by atoms with Crippen LogP contribution in [0.1, 0.15) is 28.8 Å². The van der Waals surface area contributed by atoms with E-state index in [1.165, 1.54) is 6.20 Å². The minimum Gasteiger partial charge on any atom is -0.474 e. The molecule has 1 fully saturated rings. The number of anilines is 5. The smallest absolute Gasteiger partial charge is 0.263 e. The van der Waals surface area contributed by atoms with Crippen LogP contribution in [0, 0.1) is 6.92 Å². The summed E-state index contributed by atoms with van der Waals surface area (Å²) >= 11 is 0. The van der Waals surface area contributed by atoms with Crippen LogP contribution in [0.4, 0.5) is 28.4 Å². The number of hydrogen-bond donors (Lipinski definition) is 5. The summed E-state index contributed by atoms with van der Waals surface area (Å²) in [5.41, 5.74) is 3.79. The number of pyridine rings is 2. The average molecular weight is 477 g/mol. The minimum atomic E-state index is -0.520. The summed E-state index contributed by atoms with van der Waals surface area (Å²) in [6.45, 7) is 4.73. The highest BCUT2D eigenvalue weighted by molar-refractivity contribution is 6.08. The van der Waals surface area contributed by atoms with Gasteiger partial charge in [-0.15, -0.1) is 0 Å². The van der Waals surface area contributed by atoms with Gasteiger partial charge in [0.1, 0.15) is 17.9 Å². The average Bonchev–Trinajstić information content (AvgIpc) is 2.87. The van der Waals surface area contributed by atoms with Gasteiger partial charge in [-0.2, -0.15) is 0 Å². The second kappa shape index (κ2) is 9.67. The fourth-order valence-corrected chi connectivity index (χ4v) is 4.37. The number of aromatic amines is 1. The van der Waals surface area contributed by atoms with Gasteiger partial charge in [-0.25, -0.2) is 4.98 Å². The number of rotatable bonds is 5. The summed E-state index contributed by atoms with van der Waals surface area (Å²) in [6.07, 6.45) is 4.37. The van der Waals surface area contributed by atoms with Crippen LogP contribution in [0.15, 0.2) is 47.5 Å². The first kappa shape index (κ1) is 22.7. The Bertz CT molecular complexity index is 1280. The second-order valence-corrected chi connectivity index (χ2v) is 8.69. The number of aromatic nitrogens is 2. The Hall–Kier alpha value is -4.05. The molecular formula is C25H28N6O4. The van der Waals surface area contributed by atoms with E-state index < -0.39 is 11.5 Å². The maximum absolute atomic E-state index is 13.1. The number of amides is 1. The van der Waals surface area contributed by atoms with Crippen LogP contribution in [0.25, 0.3) is 0 Å². The predicted octanol–water partition coefficient (Wildman–Crippen LogP) is 2.84. The molecule has 0 spiro atoms. The maximum atomic E-state index is 13.1. The largest absolute Gasteiger partial charge is 0.474 e. The number of H-pyrrole nitrogens is 1. The van der Waals surface area contributed by atoms with Gasteiger partial charge in [-0.3, -0.25) is 9.59 Å². The molecule has 0 atom stereocenters. The Morgan fingerprint density at radius 3 is 2.71 bits per heavy atom. The molecule has 2 aromatic heterocycles. The Morgan fingerprint density at radius 1 is 1.17 bits per heavy atom. The highest BCUT2D eigenvalue weighted by Crippen LogP contribution is 2.34. The van der Waals surface area contributed by atoms with Crippen molar-refractivity contribution in [3.8, 4) is 5.88 Å². The molecule has 0 bridgehead atoms. The topological polar surface area (TPSA) is 132 Å². The fraction of sp³-hybridized carbons (Fsp3) is 0.320. The van der Waals surface area contributed by atoms with Crippen molar-refractivity contribution in [2.24, 2.45) is 0 Å². The number of fused-ring (bicyclic) bond motifs is 1. The normalized spacial score (nSPS) is 15.5. The van der Waals surface area contributed by atoms with Gasteiger partial charge in [0, 0.05) is 42.8 Å². The van der Waals surface area contributed by atoms with E-state index in [9.17, 15) is 14.7 Å². The lowest BCUT2D eigenvalue weighted by Crippen LogP contribution is -2.35. The quantitative estimate of drug-likeness (QED) is 0.380. The molecule has 2 aliphatic heterocycles. The molecule has 0 aliphatic carbocycles. The van der Waals surface area contributed by atoms with Crippen molar-refractivity contribution in [2.45, 2.75) is 25.9 Å². The lowest BCUT2D eigenvalue weighted by molar-refractivity contribution is 0.102. The molecule has 5 N–H and O–H groups in total. The molecule has 5 rings (SSSR count). The Labute approximate surface area is 202 Å². The van der Waals surface area contributed by atoms with E-state index in [-0.39, 0.29) is 11.7 Å². The van der Waals surface area contributed by atoms with E-state index in [0.29, 0.717) is 36.1 Å². The van der Waals surface area contributed by atoms with Gasteiger partial charge < -0.3 is 35.7 Å². The molecule has 10 heteroatoms. The fourth-order valence-electron chi connectivity index (χ4n) is 4.37. The highest BCUT2D eigenvalue weighted by Gasteiger charge is 2.21. The number of aliphatic hydroxyl groups is 1. The van der Waals surface area contributed by atoms with Crippen molar-refractivity contribution in [3.05, 3.63) is 64.2 Å². The van der Waals surface area contributed by atoms with E-state index in [1.807, 2.05) is 31.2 Å². The molecule has 1 saturated heterocycles. The molecule has 0 radical (unpaired) electrons. The third-order valence-electron chi connectivity index (χ3n) is 6.36. The first-order valence-electron chi connectivity index (χ1n) is 11.7. The van der Waals surface area contributed by atoms with Crippen molar-refractivity contribution < 1.29 is 14.6 Å². The zero-order valence-corrected chi connectivity index (χ0v) is 19.4. The van der Waals surface area contributed by atoms with Crippen molar-refractivity contribution in [1.82, 2.24) is 9.97 Å². The summed E-state index contributed by atoms with van der Waals surface area (Å²) in [7, 11) is 0. The van der Waals surface area contributed by atoms with Gasteiger partial charge in [0.05, 0.1) is 23.7 Å². The zero-order chi connectivity index (χ0) is 24.4. The first-order valence-corrected chi connectivity index (χ1v) is 11.7. The van der Waals surface area contributed by atoms with Gasteiger partial charge in [0.15, 0.2) is 0 Å². The molecule has 10 nitrogen and oxygen atoms in total. The van der Waals surface area contributed by atoms with Crippen molar-refractivity contribution in [2.75, 3.05) is 47.1 Å². The zero-order valence-electron chi connectivity index (χ0n) is 19.4. The van der Waals surface area contributed by atoms with Gasteiger partial charge in [0.2, 0.25) is 5.88 Å². The number of piperidine rings is 1. The number of benzene rings is 1. The predicted molar refractivity (Wildman–Crippen MR) is 135 cm³/mol. The Kier molecular flexibility index (Phi) is 6.28. The Balaban J connectivity index is 1.34. The summed E-state index contributed by atoms with van der Waals surface area (Å²) in [6, 6.07) is 9.13. The minimum absolute atomic E-state index is 0.0251. The number of aliphatic hydroxyl groups excluding tert-OH is 1. The number of nitrogens with zero attached hydrogens (tertiary/aromatic N) is 2. The summed E-state index contributed by atoms with van der Waals surface area (Å²) < 4.78 is 5.57. The van der Waals surface area contributed by atoms with Crippen LogP contribution in [0.2, 0.25) is 0 Å². The molecular weight excluding hydrogens is 448 g/mol. The molecule has 3 aromatic rings. The van der Waals surface area contributed by atoms with Crippen LogP contribution in [0.3, 0.4) is 0 Å². The maximum Gasteiger partial charge on any atom is 0.263 e. The van der Waals surface area contributed by atoms with E-state index >= 15 is 0 Å². The molecule has 0 unspecified atom stereocenters. The summed E-state index contributed by atoms with van der Waals surface area (Å²) in [4.78, 5) is 34.9. The number of ether oxygens (including phenoxy) is 1. The Morgan fingerprint density at radius 2 is 1.94 bits per heavy atom.